The van der Waals surface area contributed by atoms with E-state index in [9.17, 15) is 24.3 Å². The van der Waals surface area contributed by atoms with Crippen LogP contribution in [0.25, 0.3) is 0 Å². The van der Waals surface area contributed by atoms with Gasteiger partial charge in [0.2, 0.25) is 11.6 Å². The molecule has 1 aliphatic heterocycles. The van der Waals surface area contributed by atoms with Gasteiger partial charge in [0.1, 0.15) is 6.10 Å². The van der Waals surface area contributed by atoms with Gasteiger partial charge in [-0.1, -0.05) is 38.2 Å². The molecule has 4 N–H and O–H groups in total. The second-order valence-corrected chi connectivity index (χ2v) is 10.1. The molecule has 6 atom stereocenters. The van der Waals surface area contributed by atoms with Crippen molar-refractivity contribution >= 4 is 23.6 Å². The summed E-state index contributed by atoms with van der Waals surface area (Å²) in [6.45, 7) is 6.92. The van der Waals surface area contributed by atoms with Crippen LogP contribution in [0.15, 0.2) is 58.6 Å². The lowest BCUT2D eigenvalue weighted by molar-refractivity contribution is -0.120. The maximum atomic E-state index is 13.3. The number of nitrogens with two attached hydrogens (primary N) is 1. The van der Waals surface area contributed by atoms with Crippen molar-refractivity contribution in [2.75, 3.05) is 21.3 Å². The van der Waals surface area contributed by atoms with E-state index in [1.807, 2.05) is 6.92 Å². The van der Waals surface area contributed by atoms with E-state index in [1.165, 1.54) is 34.3 Å². The van der Waals surface area contributed by atoms with Crippen LogP contribution in [0.3, 0.4) is 0 Å². The molecular formula is C29H40N2O9. The molecule has 220 valence electrons. The highest BCUT2D eigenvalue weighted by Gasteiger charge is 2.34. The van der Waals surface area contributed by atoms with Crippen LogP contribution in [0.5, 0.6) is 0 Å². The number of hydrogen-bond acceptors (Lipinski definition) is 9. The Morgan fingerprint density at radius 1 is 1.10 bits per heavy atom. The number of ether oxygens (including phenoxy) is 4. The Labute approximate surface area is 234 Å². The molecule has 11 heteroatoms. The number of fused-ring (bicyclic) bond motifs is 2. The maximum Gasteiger partial charge on any atom is 0.405 e. The van der Waals surface area contributed by atoms with E-state index in [0.29, 0.717) is 12.0 Å². The summed E-state index contributed by atoms with van der Waals surface area (Å²) in [7, 11) is 4.21. The van der Waals surface area contributed by atoms with Crippen molar-refractivity contribution in [3.05, 3.63) is 58.6 Å². The molecule has 0 aromatic carbocycles. The summed E-state index contributed by atoms with van der Waals surface area (Å²) in [6.07, 6.45) is 3.61. The molecule has 1 unspecified atom stereocenters. The van der Waals surface area contributed by atoms with Crippen LogP contribution in [0, 0.1) is 11.8 Å². The highest BCUT2D eigenvalue weighted by Crippen LogP contribution is 2.29. The lowest BCUT2D eigenvalue weighted by Crippen LogP contribution is -2.37. The second-order valence-electron chi connectivity index (χ2n) is 10.1. The molecule has 0 fully saturated rings. The summed E-state index contributed by atoms with van der Waals surface area (Å²) in [5, 5.41) is 13.7. The molecule has 2 bridgehead atoms. The molecule has 0 aromatic heterocycles. The Balaban J connectivity index is 2.60. The summed E-state index contributed by atoms with van der Waals surface area (Å²) in [6, 6.07) is 0. The highest BCUT2D eigenvalue weighted by molar-refractivity contribution is 6.23. The Hall–Kier alpha value is -3.54. The summed E-state index contributed by atoms with van der Waals surface area (Å²) in [5.41, 5.74) is 6.12. The van der Waals surface area contributed by atoms with Crippen molar-refractivity contribution in [1.29, 1.82) is 0 Å². The number of carbonyl (C=O) groups excluding carboxylic acids is 4. The molecule has 2 amide bonds. The minimum atomic E-state index is -1.00. The van der Waals surface area contributed by atoms with Crippen molar-refractivity contribution in [3.8, 4) is 0 Å². The van der Waals surface area contributed by atoms with E-state index in [-0.39, 0.29) is 34.9 Å². The molecule has 2 aliphatic rings. The Kier molecular flexibility index (Phi) is 12.0. The number of ketones is 2. The number of primary amides is 1. The number of amides is 2. The third kappa shape index (κ3) is 8.23. The monoisotopic (exact) mass is 560 g/mol. The van der Waals surface area contributed by atoms with Crippen LogP contribution >= 0.6 is 0 Å². The fourth-order valence-corrected chi connectivity index (χ4v) is 4.78. The van der Waals surface area contributed by atoms with Crippen LogP contribution in [0.2, 0.25) is 0 Å². The summed E-state index contributed by atoms with van der Waals surface area (Å²) >= 11 is 0. The predicted octanol–water partition coefficient (Wildman–Crippen LogP) is 2.41. The SMILES string of the molecule is COC1=C2C[C@@H](C)C[C@@H](OC)C(O)[C@H](C)/C=C(/C)[C@@H](OC(N)=O)[C@@H](OC)/C=C\C=C(\C)C(=O)NC(=CC1=O)C2=O. The Bertz CT molecular complexity index is 1150. The minimum Gasteiger partial charge on any atom is -0.492 e. The molecular weight excluding hydrogens is 520 g/mol. The van der Waals surface area contributed by atoms with Gasteiger partial charge in [-0.3, -0.25) is 14.4 Å². The first-order chi connectivity index (χ1) is 18.8. The first kappa shape index (κ1) is 32.7. The third-order valence-corrected chi connectivity index (χ3v) is 6.95. The average Bonchev–Trinajstić information content (AvgIpc) is 2.90. The molecule has 0 saturated carbocycles. The number of nitrogens with one attached hydrogen (secondary N) is 1. The number of carbonyl (C=O) groups is 4. The average molecular weight is 561 g/mol. The molecule has 1 aliphatic carbocycles. The third-order valence-electron chi connectivity index (χ3n) is 6.95. The lowest BCUT2D eigenvalue weighted by Gasteiger charge is -2.29. The lowest BCUT2D eigenvalue weighted by atomic mass is 9.85. The Morgan fingerprint density at radius 3 is 2.35 bits per heavy atom. The highest BCUT2D eigenvalue weighted by atomic mass is 16.6. The zero-order valence-corrected chi connectivity index (χ0v) is 24.1. The van der Waals surface area contributed by atoms with Crippen molar-refractivity contribution in [3.63, 3.8) is 0 Å². The predicted molar refractivity (Wildman–Crippen MR) is 147 cm³/mol. The molecule has 1 heterocycles. The number of rotatable bonds is 4. The fourth-order valence-electron chi connectivity index (χ4n) is 4.78. The number of aliphatic hydroxyl groups excluding tert-OH is 1. The van der Waals surface area contributed by atoms with Crippen LogP contribution in [-0.2, 0) is 33.3 Å². The molecule has 40 heavy (non-hydrogen) atoms. The molecule has 0 radical (unpaired) electrons. The van der Waals surface area contributed by atoms with E-state index in [1.54, 1.807) is 32.1 Å². The molecule has 0 saturated heterocycles. The van der Waals surface area contributed by atoms with Crippen LogP contribution in [0.4, 0.5) is 4.79 Å². The molecule has 11 nitrogen and oxygen atoms in total. The number of aliphatic hydroxyl groups is 1. The van der Waals surface area contributed by atoms with E-state index in [4.69, 9.17) is 24.7 Å². The van der Waals surface area contributed by atoms with Gasteiger partial charge in [-0.15, -0.1) is 0 Å². The largest absolute Gasteiger partial charge is 0.492 e. The van der Waals surface area contributed by atoms with Crippen LogP contribution < -0.4 is 11.1 Å². The van der Waals surface area contributed by atoms with Gasteiger partial charge in [0, 0.05) is 37.4 Å². The van der Waals surface area contributed by atoms with E-state index in [2.05, 4.69) is 5.32 Å². The topological polar surface area (TPSA) is 163 Å². The van der Waals surface area contributed by atoms with Gasteiger partial charge >= 0.3 is 6.09 Å². The van der Waals surface area contributed by atoms with Gasteiger partial charge in [-0.05, 0) is 38.2 Å². The number of allylic oxidation sites excluding steroid dienone is 4. The van der Waals surface area contributed by atoms with Gasteiger partial charge in [0.05, 0.1) is 25.0 Å². The second kappa shape index (κ2) is 14.7. The molecule has 2 rings (SSSR count). The maximum absolute atomic E-state index is 13.3. The first-order valence-electron chi connectivity index (χ1n) is 13.0. The normalized spacial score (nSPS) is 32.7. The van der Waals surface area contributed by atoms with E-state index in [0.717, 1.165) is 6.08 Å². The summed E-state index contributed by atoms with van der Waals surface area (Å²) < 4.78 is 21.7. The van der Waals surface area contributed by atoms with Crippen molar-refractivity contribution in [1.82, 2.24) is 5.32 Å². The van der Waals surface area contributed by atoms with E-state index >= 15 is 0 Å². The first-order valence-corrected chi connectivity index (χ1v) is 13.0. The van der Waals surface area contributed by atoms with Crippen LogP contribution in [0.1, 0.15) is 40.5 Å². The van der Waals surface area contributed by atoms with Gasteiger partial charge in [0.25, 0.3) is 5.91 Å². The van der Waals surface area contributed by atoms with Gasteiger partial charge in [0.15, 0.2) is 11.9 Å². The van der Waals surface area contributed by atoms with Crippen molar-refractivity contribution < 1.29 is 43.2 Å². The quantitative estimate of drug-likeness (QED) is 0.346. The zero-order valence-electron chi connectivity index (χ0n) is 24.1. The fraction of sp³-hybridized carbons (Fsp3) is 0.517. The zero-order chi connectivity index (χ0) is 30.1. The van der Waals surface area contributed by atoms with Crippen molar-refractivity contribution in [2.45, 2.75) is 65.0 Å². The summed E-state index contributed by atoms with van der Waals surface area (Å²) in [5.74, 6) is -2.39. The van der Waals surface area contributed by atoms with E-state index < -0.39 is 53.9 Å². The molecule has 0 aromatic rings. The van der Waals surface area contributed by atoms with Crippen LogP contribution in [-0.4, -0.2) is 74.4 Å². The minimum absolute atomic E-state index is 0.0801. The number of methoxy groups -OCH3 is 3. The standard InChI is InChI=1S/C29H40N2O9/c1-15-11-19-25(34)20(14-21(32)27(19)39-7)31-28(35)16(2)9-8-10-22(37-5)26(40-29(30)36)18(4)13-17(3)24(33)23(12-15)38-6/h8-10,13-15,17,22-24,26,33H,11-12H2,1-7H3,(H2,30,36)(H,31,35)/b10-8-,16-9-,18-13-/t15-,17-,22+,23-,24?,26-/m1/s1. The number of Topliss-reactive ketones (excluding diaryl/α,β-unsaturated/α-hetero) is 1. The smallest absolute Gasteiger partial charge is 0.405 e. The van der Waals surface area contributed by atoms with Gasteiger partial charge in [-0.25, -0.2) is 4.79 Å². The summed E-state index contributed by atoms with van der Waals surface area (Å²) in [4.78, 5) is 50.6. The van der Waals surface area contributed by atoms with Gasteiger partial charge in [-0.2, -0.15) is 0 Å². The Morgan fingerprint density at radius 2 is 1.77 bits per heavy atom. The van der Waals surface area contributed by atoms with Gasteiger partial charge < -0.3 is 35.1 Å². The molecule has 0 spiro atoms. The van der Waals surface area contributed by atoms with Crippen molar-refractivity contribution in [2.24, 2.45) is 17.6 Å². The number of hydrogen-bond donors (Lipinski definition) is 3.